The molecule has 0 saturated carbocycles. The fourth-order valence-electron chi connectivity index (χ4n) is 3.22. The third kappa shape index (κ3) is 4.65. The van der Waals surface area contributed by atoms with E-state index in [1.165, 1.54) is 16.9 Å². The molecule has 6 nitrogen and oxygen atoms in total. The van der Waals surface area contributed by atoms with Crippen molar-refractivity contribution >= 4 is 23.2 Å². The zero-order valence-electron chi connectivity index (χ0n) is 16.5. The Balaban J connectivity index is 1.64. The van der Waals surface area contributed by atoms with E-state index in [9.17, 15) is 9.59 Å². The van der Waals surface area contributed by atoms with Crippen LogP contribution in [0.3, 0.4) is 0 Å². The van der Waals surface area contributed by atoms with Gasteiger partial charge in [-0.2, -0.15) is 0 Å². The van der Waals surface area contributed by atoms with Crippen molar-refractivity contribution in [2.75, 3.05) is 26.3 Å². The molecule has 0 saturated heterocycles. The fourth-order valence-corrected chi connectivity index (χ4v) is 4.01. The van der Waals surface area contributed by atoms with E-state index < -0.39 is 0 Å². The van der Waals surface area contributed by atoms with Crippen LogP contribution in [0.25, 0.3) is 0 Å². The highest BCUT2D eigenvalue weighted by molar-refractivity contribution is 7.13. The number of aryl methyl sites for hydroxylation is 1. The Morgan fingerprint density at radius 3 is 2.39 bits per heavy atom. The molecule has 2 amide bonds. The zero-order valence-corrected chi connectivity index (χ0v) is 17.4. The molecule has 3 rings (SSSR count). The van der Waals surface area contributed by atoms with Gasteiger partial charge in [-0.15, -0.1) is 11.3 Å². The van der Waals surface area contributed by atoms with Crippen LogP contribution in [0.4, 0.5) is 0 Å². The maximum atomic E-state index is 12.6. The largest absolute Gasteiger partial charge is 0.490 e. The summed E-state index contributed by atoms with van der Waals surface area (Å²) in [5, 5.41) is 2.73. The molecule has 1 N–H and O–H groups in total. The van der Waals surface area contributed by atoms with Crippen molar-refractivity contribution in [2.45, 2.75) is 33.7 Å². The van der Waals surface area contributed by atoms with Gasteiger partial charge in [-0.1, -0.05) is 0 Å². The van der Waals surface area contributed by atoms with Crippen molar-refractivity contribution in [1.29, 1.82) is 0 Å². The Labute approximate surface area is 169 Å². The lowest BCUT2D eigenvalue weighted by atomic mass is 9.98. The molecular weight excluding hydrogens is 376 g/mol. The standard InChI is InChI=1S/C21H26N2O4S/c1-4-26-17-10-15-8-9-23(13-16(15)11-18(17)27-5-2)20(24)12-22-21(25)19-7-6-14(3)28-19/h6-7,10-11H,4-5,8-9,12-13H2,1-3H3,(H,22,25). The average molecular weight is 403 g/mol. The van der Waals surface area contributed by atoms with Crippen molar-refractivity contribution in [3.05, 3.63) is 45.1 Å². The minimum Gasteiger partial charge on any atom is -0.490 e. The van der Waals surface area contributed by atoms with Gasteiger partial charge < -0.3 is 19.7 Å². The Morgan fingerprint density at radius 2 is 1.79 bits per heavy atom. The van der Waals surface area contributed by atoms with Gasteiger partial charge in [0.05, 0.1) is 24.6 Å². The molecule has 1 aliphatic heterocycles. The number of amides is 2. The molecule has 0 atom stereocenters. The first kappa shape index (κ1) is 20.2. The summed E-state index contributed by atoms with van der Waals surface area (Å²) >= 11 is 1.42. The Bertz CT molecular complexity index is 862. The lowest BCUT2D eigenvalue weighted by Crippen LogP contribution is -2.42. The number of carbonyl (C=O) groups is 2. The number of fused-ring (bicyclic) bond motifs is 1. The second kappa shape index (κ2) is 9.10. The number of hydrogen-bond acceptors (Lipinski definition) is 5. The molecule has 0 radical (unpaired) electrons. The summed E-state index contributed by atoms with van der Waals surface area (Å²) in [6, 6.07) is 7.67. The van der Waals surface area contributed by atoms with E-state index in [0.717, 1.165) is 22.6 Å². The van der Waals surface area contributed by atoms with Gasteiger partial charge in [0.15, 0.2) is 11.5 Å². The maximum absolute atomic E-state index is 12.6. The Kier molecular flexibility index (Phi) is 6.57. The van der Waals surface area contributed by atoms with E-state index in [2.05, 4.69) is 5.32 Å². The predicted octanol–water partition coefficient (Wildman–Crippen LogP) is 3.17. The molecule has 0 bridgehead atoms. The van der Waals surface area contributed by atoms with Crippen molar-refractivity contribution in [3.63, 3.8) is 0 Å². The van der Waals surface area contributed by atoms with Crippen LogP contribution >= 0.6 is 11.3 Å². The van der Waals surface area contributed by atoms with Gasteiger partial charge >= 0.3 is 0 Å². The lowest BCUT2D eigenvalue weighted by Gasteiger charge is -2.30. The highest BCUT2D eigenvalue weighted by atomic mass is 32.1. The molecule has 0 unspecified atom stereocenters. The van der Waals surface area contributed by atoms with Crippen LogP contribution in [0, 0.1) is 6.92 Å². The molecule has 0 spiro atoms. The van der Waals surface area contributed by atoms with Crippen LogP contribution in [0.15, 0.2) is 24.3 Å². The second-order valence-electron chi connectivity index (χ2n) is 6.59. The quantitative estimate of drug-likeness (QED) is 0.772. The van der Waals surface area contributed by atoms with Crippen LogP contribution in [0.2, 0.25) is 0 Å². The summed E-state index contributed by atoms with van der Waals surface area (Å²) in [7, 11) is 0. The van der Waals surface area contributed by atoms with E-state index in [1.807, 2.05) is 39.0 Å². The molecule has 1 aliphatic rings. The molecular formula is C21H26N2O4S. The molecule has 0 aliphatic carbocycles. The maximum Gasteiger partial charge on any atom is 0.261 e. The van der Waals surface area contributed by atoms with E-state index in [-0.39, 0.29) is 18.4 Å². The monoisotopic (exact) mass is 402 g/mol. The second-order valence-corrected chi connectivity index (χ2v) is 7.88. The third-order valence-electron chi connectivity index (χ3n) is 4.59. The van der Waals surface area contributed by atoms with Gasteiger partial charge in [-0.25, -0.2) is 0 Å². The molecule has 1 aromatic heterocycles. The number of nitrogens with zero attached hydrogens (tertiary/aromatic N) is 1. The topological polar surface area (TPSA) is 67.9 Å². The minimum atomic E-state index is -0.205. The summed E-state index contributed by atoms with van der Waals surface area (Å²) in [6.45, 7) is 8.09. The molecule has 0 fully saturated rings. The number of benzene rings is 1. The van der Waals surface area contributed by atoms with Gasteiger partial charge in [-0.3, -0.25) is 9.59 Å². The van der Waals surface area contributed by atoms with Crippen molar-refractivity contribution in [2.24, 2.45) is 0 Å². The lowest BCUT2D eigenvalue weighted by molar-refractivity contribution is -0.131. The first-order valence-electron chi connectivity index (χ1n) is 9.55. The van der Waals surface area contributed by atoms with E-state index in [0.29, 0.717) is 36.9 Å². The first-order chi connectivity index (χ1) is 13.5. The Morgan fingerprint density at radius 1 is 1.11 bits per heavy atom. The molecule has 28 heavy (non-hydrogen) atoms. The van der Waals surface area contributed by atoms with E-state index in [4.69, 9.17) is 9.47 Å². The summed E-state index contributed by atoms with van der Waals surface area (Å²) in [4.78, 5) is 28.2. The van der Waals surface area contributed by atoms with Crippen LogP contribution < -0.4 is 14.8 Å². The highest BCUT2D eigenvalue weighted by Gasteiger charge is 2.23. The van der Waals surface area contributed by atoms with Crippen LogP contribution in [-0.4, -0.2) is 43.0 Å². The van der Waals surface area contributed by atoms with Crippen molar-refractivity contribution in [1.82, 2.24) is 10.2 Å². The SMILES string of the molecule is CCOc1cc2c(cc1OCC)CN(C(=O)CNC(=O)c1ccc(C)s1)CC2. The zero-order chi connectivity index (χ0) is 20.1. The van der Waals surface area contributed by atoms with Crippen LogP contribution in [-0.2, 0) is 17.8 Å². The number of hydrogen-bond donors (Lipinski definition) is 1. The van der Waals surface area contributed by atoms with E-state index in [1.54, 1.807) is 11.0 Å². The number of carbonyl (C=O) groups excluding carboxylic acids is 2. The van der Waals surface area contributed by atoms with Gasteiger partial charge in [-0.05, 0) is 62.6 Å². The number of rotatable bonds is 7. The molecule has 7 heteroatoms. The smallest absolute Gasteiger partial charge is 0.261 e. The van der Waals surface area contributed by atoms with Crippen LogP contribution in [0.1, 0.15) is 39.5 Å². The van der Waals surface area contributed by atoms with Gasteiger partial charge in [0.1, 0.15) is 0 Å². The molecule has 150 valence electrons. The van der Waals surface area contributed by atoms with Crippen molar-refractivity contribution < 1.29 is 19.1 Å². The summed E-state index contributed by atoms with van der Waals surface area (Å²) in [6.07, 6.45) is 0.756. The highest BCUT2D eigenvalue weighted by Crippen LogP contribution is 2.33. The van der Waals surface area contributed by atoms with Crippen LogP contribution in [0.5, 0.6) is 11.5 Å². The summed E-state index contributed by atoms with van der Waals surface area (Å²) < 4.78 is 11.4. The average Bonchev–Trinajstić information content (AvgIpc) is 3.13. The van der Waals surface area contributed by atoms with Gasteiger partial charge in [0.2, 0.25) is 5.91 Å². The first-order valence-corrected chi connectivity index (χ1v) is 10.4. The predicted molar refractivity (Wildman–Crippen MR) is 109 cm³/mol. The third-order valence-corrected chi connectivity index (χ3v) is 5.59. The number of ether oxygens (including phenoxy) is 2. The van der Waals surface area contributed by atoms with Gasteiger partial charge in [0, 0.05) is 18.0 Å². The van der Waals surface area contributed by atoms with Crippen molar-refractivity contribution in [3.8, 4) is 11.5 Å². The van der Waals surface area contributed by atoms with E-state index >= 15 is 0 Å². The summed E-state index contributed by atoms with van der Waals surface area (Å²) in [5.74, 6) is 1.17. The number of thiophene rings is 1. The normalized spacial score (nSPS) is 13.0. The summed E-state index contributed by atoms with van der Waals surface area (Å²) in [5.41, 5.74) is 2.24. The number of nitrogens with one attached hydrogen (secondary N) is 1. The fraction of sp³-hybridized carbons (Fsp3) is 0.429. The minimum absolute atomic E-state index is 0.000457. The molecule has 2 aromatic rings. The molecule has 2 heterocycles. The Hall–Kier alpha value is -2.54. The molecule has 1 aromatic carbocycles. The van der Waals surface area contributed by atoms with Gasteiger partial charge in [0.25, 0.3) is 5.91 Å².